The number of thiophene rings is 1. The van der Waals surface area contributed by atoms with E-state index in [0.717, 1.165) is 16.9 Å². The molecule has 3 rings (SSSR count). The van der Waals surface area contributed by atoms with Crippen LogP contribution in [-0.2, 0) is 10.0 Å². The van der Waals surface area contributed by atoms with Crippen LogP contribution in [0.25, 0.3) is 0 Å². The van der Waals surface area contributed by atoms with E-state index in [4.69, 9.17) is 0 Å². The minimum Gasteiger partial charge on any atom is -0.206 e. The fourth-order valence-corrected chi connectivity index (χ4v) is 5.24. The molecule has 1 fully saturated rings. The molecule has 0 spiro atoms. The van der Waals surface area contributed by atoms with Crippen LogP contribution in [0.15, 0.2) is 46.7 Å². The third-order valence-corrected chi connectivity index (χ3v) is 6.95. The number of nitrogens with one attached hydrogen (secondary N) is 1. The van der Waals surface area contributed by atoms with Gasteiger partial charge in [-0.3, -0.25) is 0 Å². The first kappa shape index (κ1) is 14.8. The van der Waals surface area contributed by atoms with Crippen LogP contribution in [0.3, 0.4) is 0 Å². The van der Waals surface area contributed by atoms with Gasteiger partial charge in [0.25, 0.3) is 10.0 Å². The molecule has 1 aliphatic rings. The molecule has 112 valence electrons. The Morgan fingerprint density at radius 1 is 1.19 bits per heavy atom. The Labute approximate surface area is 130 Å². The summed E-state index contributed by atoms with van der Waals surface area (Å²) in [5.74, 6) is 0.964. The minimum absolute atomic E-state index is 0.131. The topological polar surface area (TPSA) is 46.2 Å². The van der Waals surface area contributed by atoms with E-state index >= 15 is 0 Å². The predicted molar refractivity (Wildman–Crippen MR) is 85.8 cm³/mol. The summed E-state index contributed by atoms with van der Waals surface area (Å²) in [7, 11) is -3.45. The molecule has 0 aliphatic heterocycles. The van der Waals surface area contributed by atoms with E-state index in [1.54, 1.807) is 6.07 Å². The molecule has 3 nitrogen and oxygen atoms in total. The van der Waals surface area contributed by atoms with Crippen molar-refractivity contribution in [3.63, 3.8) is 0 Å². The van der Waals surface area contributed by atoms with Gasteiger partial charge in [0.15, 0.2) is 0 Å². The monoisotopic (exact) mass is 321 g/mol. The van der Waals surface area contributed by atoms with Gasteiger partial charge < -0.3 is 0 Å². The average Bonchev–Trinajstić information content (AvgIpc) is 3.00. The first-order valence-electron chi connectivity index (χ1n) is 7.11. The molecule has 1 aliphatic carbocycles. The largest absolute Gasteiger partial charge is 0.250 e. The Morgan fingerprint density at radius 2 is 1.86 bits per heavy atom. The second kappa shape index (κ2) is 5.55. The summed E-state index contributed by atoms with van der Waals surface area (Å²) >= 11 is 1.31. The molecule has 21 heavy (non-hydrogen) atoms. The van der Waals surface area contributed by atoms with Gasteiger partial charge in [-0.25, -0.2) is 13.1 Å². The van der Waals surface area contributed by atoms with E-state index in [2.05, 4.69) is 11.6 Å². The first-order chi connectivity index (χ1) is 9.97. The fourth-order valence-electron chi connectivity index (χ4n) is 2.66. The lowest BCUT2D eigenvalue weighted by Gasteiger charge is -2.18. The summed E-state index contributed by atoms with van der Waals surface area (Å²) in [5.41, 5.74) is 1.05. The SMILES string of the molecule is Cc1ccc(S(=O)(=O)NC(c2ccccc2)C2CC2C)s1. The zero-order valence-corrected chi connectivity index (χ0v) is 13.7. The maximum atomic E-state index is 12.6. The molecule has 0 saturated heterocycles. The van der Waals surface area contributed by atoms with Crippen molar-refractivity contribution in [3.05, 3.63) is 52.9 Å². The summed E-state index contributed by atoms with van der Waals surface area (Å²) in [5, 5.41) is 0. The van der Waals surface area contributed by atoms with Crippen LogP contribution in [0.2, 0.25) is 0 Å². The lowest BCUT2D eigenvalue weighted by atomic mass is 10.0. The van der Waals surface area contributed by atoms with E-state index in [1.165, 1.54) is 11.3 Å². The van der Waals surface area contributed by atoms with Crippen LogP contribution in [0.1, 0.15) is 29.8 Å². The van der Waals surface area contributed by atoms with Crippen molar-refractivity contribution in [1.82, 2.24) is 4.72 Å². The van der Waals surface area contributed by atoms with E-state index in [-0.39, 0.29) is 6.04 Å². The van der Waals surface area contributed by atoms with Crippen molar-refractivity contribution in [3.8, 4) is 0 Å². The molecule has 1 N–H and O–H groups in total. The molecule has 0 amide bonds. The highest BCUT2D eigenvalue weighted by molar-refractivity contribution is 7.91. The van der Waals surface area contributed by atoms with Gasteiger partial charge in [0, 0.05) is 4.88 Å². The Bertz CT molecular complexity index is 722. The highest BCUT2D eigenvalue weighted by Gasteiger charge is 2.42. The van der Waals surface area contributed by atoms with Crippen LogP contribution in [0.4, 0.5) is 0 Å². The van der Waals surface area contributed by atoms with Gasteiger partial charge in [-0.05, 0) is 42.9 Å². The van der Waals surface area contributed by atoms with Crippen LogP contribution in [0.5, 0.6) is 0 Å². The number of aryl methyl sites for hydroxylation is 1. The molecule has 2 aromatic rings. The third kappa shape index (κ3) is 3.20. The lowest BCUT2D eigenvalue weighted by molar-refractivity contribution is 0.515. The van der Waals surface area contributed by atoms with E-state index in [1.807, 2.05) is 43.3 Å². The lowest BCUT2D eigenvalue weighted by Crippen LogP contribution is -2.29. The normalized spacial score (nSPS) is 23.0. The Morgan fingerprint density at radius 3 is 2.38 bits per heavy atom. The number of rotatable bonds is 5. The van der Waals surface area contributed by atoms with Crippen LogP contribution < -0.4 is 4.72 Å². The van der Waals surface area contributed by atoms with E-state index < -0.39 is 10.0 Å². The van der Waals surface area contributed by atoms with Crippen molar-refractivity contribution >= 4 is 21.4 Å². The molecule has 1 heterocycles. The van der Waals surface area contributed by atoms with Gasteiger partial charge in [0.05, 0.1) is 6.04 Å². The number of sulfonamides is 1. The summed E-state index contributed by atoms with van der Waals surface area (Å²) in [6, 6.07) is 13.3. The summed E-state index contributed by atoms with van der Waals surface area (Å²) < 4.78 is 28.4. The summed E-state index contributed by atoms with van der Waals surface area (Å²) in [6.45, 7) is 4.09. The van der Waals surface area contributed by atoms with Crippen LogP contribution in [-0.4, -0.2) is 8.42 Å². The standard InChI is InChI=1S/C16H19NO2S2/c1-11-10-14(11)16(13-6-4-3-5-7-13)17-21(18,19)15-9-8-12(2)20-15/h3-9,11,14,16-17H,10H2,1-2H3. The van der Waals surface area contributed by atoms with Crippen LogP contribution >= 0.6 is 11.3 Å². The van der Waals surface area contributed by atoms with Gasteiger partial charge in [-0.15, -0.1) is 11.3 Å². The highest BCUT2D eigenvalue weighted by atomic mass is 32.2. The highest BCUT2D eigenvalue weighted by Crippen LogP contribution is 2.47. The fraction of sp³-hybridized carbons (Fsp3) is 0.375. The van der Waals surface area contributed by atoms with Crippen molar-refractivity contribution in [2.45, 2.75) is 30.5 Å². The third-order valence-electron chi connectivity index (χ3n) is 4.02. The minimum atomic E-state index is -3.45. The van der Waals surface area contributed by atoms with Crippen molar-refractivity contribution < 1.29 is 8.42 Å². The second-order valence-electron chi connectivity index (χ2n) is 5.75. The number of hydrogen-bond donors (Lipinski definition) is 1. The van der Waals surface area contributed by atoms with Gasteiger partial charge >= 0.3 is 0 Å². The predicted octanol–water partition coefficient (Wildman–Crippen LogP) is 3.73. The van der Waals surface area contributed by atoms with Crippen LogP contribution in [0, 0.1) is 18.8 Å². The van der Waals surface area contributed by atoms with Crippen molar-refractivity contribution in [2.75, 3.05) is 0 Å². The average molecular weight is 321 g/mol. The smallest absolute Gasteiger partial charge is 0.206 e. The Balaban J connectivity index is 1.89. The molecule has 1 saturated carbocycles. The van der Waals surface area contributed by atoms with Gasteiger partial charge in [0.2, 0.25) is 0 Å². The van der Waals surface area contributed by atoms with Gasteiger partial charge in [-0.2, -0.15) is 0 Å². The van der Waals surface area contributed by atoms with E-state index in [0.29, 0.717) is 16.0 Å². The van der Waals surface area contributed by atoms with E-state index in [9.17, 15) is 8.42 Å². The van der Waals surface area contributed by atoms with Crippen molar-refractivity contribution in [1.29, 1.82) is 0 Å². The zero-order chi connectivity index (χ0) is 15.0. The summed E-state index contributed by atoms with van der Waals surface area (Å²) in [6.07, 6.45) is 1.07. The number of hydrogen-bond acceptors (Lipinski definition) is 3. The second-order valence-corrected chi connectivity index (χ2v) is 8.98. The molecule has 3 atom stereocenters. The molecule has 3 unspecified atom stereocenters. The molecule has 0 bridgehead atoms. The summed E-state index contributed by atoms with van der Waals surface area (Å²) in [4.78, 5) is 1.01. The Kier molecular flexibility index (Phi) is 3.90. The maximum absolute atomic E-state index is 12.6. The first-order valence-corrected chi connectivity index (χ1v) is 9.41. The molecular formula is C16H19NO2S2. The molecule has 0 radical (unpaired) electrons. The van der Waals surface area contributed by atoms with Gasteiger partial charge in [-0.1, -0.05) is 37.3 Å². The molecule has 1 aromatic carbocycles. The number of benzene rings is 1. The maximum Gasteiger partial charge on any atom is 0.250 e. The Hall–Kier alpha value is -1.17. The quantitative estimate of drug-likeness (QED) is 0.912. The van der Waals surface area contributed by atoms with Gasteiger partial charge in [0.1, 0.15) is 4.21 Å². The molecule has 5 heteroatoms. The molecule has 1 aromatic heterocycles. The zero-order valence-electron chi connectivity index (χ0n) is 12.1. The van der Waals surface area contributed by atoms with Crippen molar-refractivity contribution in [2.24, 2.45) is 11.8 Å². The molecular weight excluding hydrogens is 302 g/mol.